The third kappa shape index (κ3) is 5.02. The average Bonchev–Trinajstić information content (AvgIpc) is 2.77. The molecule has 2 heterocycles. The fraction of sp³-hybridized carbons (Fsp3) is 0.375. The summed E-state index contributed by atoms with van der Waals surface area (Å²) in [6.07, 6.45) is 0. The molecule has 4 rings (SSSR count). The zero-order valence-corrected chi connectivity index (χ0v) is 19.6. The summed E-state index contributed by atoms with van der Waals surface area (Å²) in [6.45, 7) is 8.13. The van der Waals surface area contributed by atoms with E-state index in [1.807, 2.05) is 32.0 Å². The van der Waals surface area contributed by atoms with Crippen LogP contribution in [0.2, 0.25) is 5.02 Å². The molecule has 1 aromatic heterocycles. The van der Waals surface area contributed by atoms with Crippen LogP contribution in [0.3, 0.4) is 0 Å². The lowest BCUT2D eigenvalue weighted by Crippen LogP contribution is -2.49. The van der Waals surface area contributed by atoms with Crippen LogP contribution in [-0.4, -0.2) is 47.2 Å². The van der Waals surface area contributed by atoms with E-state index in [-0.39, 0.29) is 34.9 Å². The molecule has 1 amide bonds. The first-order chi connectivity index (χ1) is 15.7. The quantitative estimate of drug-likeness (QED) is 0.597. The number of nitrogens with zero attached hydrogens (tertiary/aromatic N) is 3. The van der Waals surface area contributed by atoms with Gasteiger partial charge in [-0.1, -0.05) is 11.6 Å². The molecule has 0 saturated carbocycles. The number of carbonyl (C=O) groups excluding carboxylic acids is 1. The Bertz CT molecular complexity index is 1260. The summed E-state index contributed by atoms with van der Waals surface area (Å²) in [7, 11) is 0. The van der Waals surface area contributed by atoms with Crippen LogP contribution >= 0.6 is 11.6 Å². The normalized spacial score (nSPS) is 16.4. The van der Waals surface area contributed by atoms with E-state index >= 15 is 0 Å². The standard InChI is InChI=1S/C24H27ClFN5O2/c1-14(2)28-22(32)13-31-23(16-4-6-20(26)19(25)10-16)29-21-7-5-17(11-18(21)24(31)33)30-9-8-27-15(3)12-30/h4-7,10-11,14-15,27H,8-9,12-13H2,1-3H3,(H,28,32)/t15-/m1/s1. The largest absolute Gasteiger partial charge is 0.369 e. The molecule has 0 radical (unpaired) electrons. The van der Waals surface area contributed by atoms with Crippen LogP contribution in [0.5, 0.6) is 0 Å². The zero-order chi connectivity index (χ0) is 23.7. The van der Waals surface area contributed by atoms with Crippen LogP contribution in [0.15, 0.2) is 41.2 Å². The van der Waals surface area contributed by atoms with Gasteiger partial charge in [-0.3, -0.25) is 14.2 Å². The van der Waals surface area contributed by atoms with Gasteiger partial charge in [-0.15, -0.1) is 0 Å². The number of aromatic nitrogens is 2. The first kappa shape index (κ1) is 23.2. The SMILES string of the molecule is CC(C)NC(=O)Cn1c(-c2ccc(F)c(Cl)c2)nc2ccc(N3CCN[C@H](C)C3)cc2c1=O. The number of anilines is 1. The molecule has 1 atom stereocenters. The molecule has 3 aromatic rings. The Morgan fingerprint density at radius 3 is 2.79 bits per heavy atom. The molecule has 0 aliphatic carbocycles. The molecule has 9 heteroatoms. The molecule has 7 nitrogen and oxygen atoms in total. The van der Waals surface area contributed by atoms with Gasteiger partial charge in [0.25, 0.3) is 5.56 Å². The summed E-state index contributed by atoms with van der Waals surface area (Å²) in [5.74, 6) is -0.616. The lowest BCUT2D eigenvalue weighted by molar-refractivity contribution is -0.122. The summed E-state index contributed by atoms with van der Waals surface area (Å²) in [5, 5.41) is 6.56. The molecule has 174 valence electrons. The maximum absolute atomic E-state index is 13.8. The zero-order valence-electron chi connectivity index (χ0n) is 18.9. The van der Waals surface area contributed by atoms with Gasteiger partial charge in [-0.05, 0) is 57.2 Å². The number of amides is 1. The average molecular weight is 472 g/mol. The lowest BCUT2D eigenvalue weighted by Gasteiger charge is -2.33. The van der Waals surface area contributed by atoms with Crippen LogP contribution in [-0.2, 0) is 11.3 Å². The Labute approximate surface area is 196 Å². The Hall–Kier alpha value is -2.97. The van der Waals surface area contributed by atoms with Gasteiger partial charge in [-0.2, -0.15) is 0 Å². The van der Waals surface area contributed by atoms with Crippen LogP contribution in [0.4, 0.5) is 10.1 Å². The van der Waals surface area contributed by atoms with E-state index in [4.69, 9.17) is 11.6 Å². The highest BCUT2D eigenvalue weighted by Gasteiger charge is 2.20. The van der Waals surface area contributed by atoms with Crippen molar-refractivity contribution in [2.24, 2.45) is 0 Å². The van der Waals surface area contributed by atoms with Crippen LogP contribution in [0, 0.1) is 5.82 Å². The van der Waals surface area contributed by atoms with E-state index in [0.29, 0.717) is 22.5 Å². The minimum atomic E-state index is -0.567. The molecule has 33 heavy (non-hydrogen) atoms. The molecule has 1 aliphatic rings. The minimum absolute atomic E-state index is 0.0772. The Balaban J connectivity index is 1.85. The van der Waals surface area contributed by atoms with Crippen molar-refractivity contribution in [2.45, 2.75) is 39.4 Å². The first-order valence-electron chi connectivity index (χ1n) is 11.0. The third-order valence-electron chi connectivity index (χ3n) is 5.60. The van der Waals surface area contributed by atoms with Gasteiger partial charge in [0, 0.05) is 43.0 Å². The van der Waals surface area contributed by atoms with Crippen molar-refractivity contribution in [1.29, 1.82) is 0 Å². The van der Waals surface area contributed by atoms with Crippen molar-refractivity contribution in [3.05, 3.63) is 57.6 Å². The maximum Gasteiger partial charge on any atom is 0.262 e. The molecule has 1 fully saturated rings. The molecule has 0 spiro atoms. The predicted octanol–water partition coefficient (Wildman–Crippen LogP) is 3.18. The molecule has 0 unspecified atom stereocenters. The number of piperazine rings is 1. The van der Waals surface area contributed by atoms with E-state index in [1.54, 1.807) is 0 Å². The molecule has 0 bridgehead atoms. The number of halogens is 2. The third-order valence-corrected chi connectivity index (χ3v) is 5.89. The Morgan fingerprint density at radius 2 is 2.09 bits per heavy atom. The summed E-state index contributed by atoms with van der Waals surface area (Å²) >= 11 is 5.99. The van der Waals surface area contributed by atoms with Gasteiger partial charge in [0.05, 0.1) is 15.9 Å². The molecular weight excluding hydrogens is 445 g/mol. The highest BCUT2D eigenvalue weighted by atomic mass is 35.5. The monoisotopic (exact) mass is 471 g/mol. The molecule has 1 aliphatic heterocycles. The molecular formula is C24H27ClFN5O2. The second kappa shape index (κ2) is 9.49. The topological polar surface area (TPSA) is 79.3 Å². The van der Waals surface area contributed by atoms with E-state index < -0.39 is 5.82 Å². The van der Waals surface area contributed by atoms with Gasteiger partial charge in [-0.25, -0.2) is 9.37 Å². The number of rotatable bonds is 5. The number of hydrogen-bond donors (Lipinski definition) is 2. The Kier molecular flexibility index (Phi) is 6.67. The second-order valence-electron chi connectivity index (χ2n) is 8.68. The Morgan fingerprint density at radius 1 is 1.30 bits per heavy atom. The highest BCUT2D eigenvalue weighted by Crippen LogP contribution is 2.26. The summed E-state index contributed by atoms with van der Waals surface area (Å²) in [6, 6.07) is 10.00. The van der Waals surface area contributed by atoms with Crippen molar-refractivity contribution in [3.63, 3.8) is 0 Å². The summed E-state index contributed by atoms with van der Waals surface area (Å²) in [5.41, 5.74) is 1.56. The maximum atomic E-state index is 13.8. The smallest absolute Gasteiger partial charge is 0.262 e. The van der Waals surface area contributed by atoms with E-state index in [2.05, 4.69) is 27.4 Å². The van der Waals surface area contributed by atoms with Gasteiger partial charge in [0.1, 0.15) is 18.2 Å². The number of benzene rings is 2. The fourth-order valence-electron chi connectivity index (χ4n) is 4.09. The molecule has 2 aromatic carbocycles. The van der Waals surface area contributed by atoms with Crippen molar-refractivity contribution < 1.29 is 9.18 Å². The number of fused-ring (bicyclic) bond motifs is 1. The van der Waals surface area contributed by atoms with Crippen LogP contribution in [0.25, 0.3) is 22.3 Å². The second-order valence-corrected chi connectivity index (χ2v) is 9.09. The van der Waals surface area contributed by atoms with Gasteiger partial charge in [0.2, 0.25) is 5.91 Å². The fourth-order valence-corrected chi connectivity index (χ4v) is 4.27. The lowest BCUT2D eigenvalue weighted by atomic mass is 10.1. The van der Waals surface area contributed by atoms with Crippen molar-refractivity contribution >= 4 is 34.1 Å². The van der Waals surface area contributed by atoms with Crippen molar-refractivity contribution in [1.82, 2.24) is 20.2 Å². The number of hydrogen-bond acceptors (Lipinski definition) is 5. The van der Waals surface area contributed by atoms with Crippen molar-refractivity contribution in [2.75, 3.05) is 24.5 Å². The summed E-state index contributed by atoms with van der Waals surface area (Å²) < 4.78 is 15.1. The molecule has 1 saturated heterocycles. The molecule has 2 N–H and O–H groups in total. The van der Waals surface area contributed by atoms with Gasteiger partial charge in [0.15, 0.2) is 0 Å². The number of nitrogens with one attached hydrogen (secondary N) is 2. The van der Waals surface area contributed by atoms with E-state index in [9.17, 15) is 14.0 Å². The van der Waals surface area contributed by atoms with E-state index in [0.717, 1.165) is 25.3 Å². The highest BCUT2D eigenvalue weighted by molar-refractivity contribution is 6.31. The van der Waals surface area contributed by atoms with E-state index in [1.165, 1.54) is 22.8 Å². The predicted molar refractivity (Wildman–Crippen MR) is 129 cm³/mol. The summed E-state index contributed by atoms with van der Waals surface area (Å²) in [4.78, 5) is 33.1. The first-order valence-corrected chi connectivity index (χ1v) is 11.4. The van der Waals surface area contributed by atoms with Crippen LogP contribution < -0.4 is 21.1 Å². The van der Waals surface area contributed by atoms with Gasteiger partial charge < -0.3 is 15.5 Å². The minimum Gasteiger partial charge on any atom is -0.369 e. The van der Waals surface area contributed by atoms with Crippen molar-refractivity contribution in [3.8, 4) is 11.4 Å². The van der Waals surface area contributed by atoms with Gasteiger partial charge >= 0.3 is 0 Å². The van der Waals surface area contributed by atoms with Crippen LogP contribution in [0.1, 0.15) is 20.8 Å². The number of carbonyl (C=O) groups is 1.